The fraction of sp³-hybridized carbons (Fsp3) is 0.0556. The summed E-state index contributed by atoms with van der Waals surface area (Å²) in [6.45, 7) is 0. The van der Waals surface area contributed by atoms with Gasteiger partial charge in [0, 0.05) is 28.8 Å². The molecule has 10 heteroatoms. The average molecular weight is 394 g/mol. The molecular formula is C18H10N4O5S. The topological polar surface area (TPSA) is 127 Å². The van der Waals surface area contributed by atoms with Gasteiger partial charge in [0.15, 0.2) is 10.7 Å². The predicted octanol–water partition coefficient (Wildman–Crippen LogP) is 2.20. The summed E-state index contributed by atoms with van der Waals surface area (Å²) >= 11 is 5.30. The van der Waals surface area contributed by atoms with E-state index in [1.807, 2.05) is 0 Å². The molecule has 2 aliphatic heterocycles. The van der Waals surface area contributed by atoms with Gasteiger partial charge in [-0.1, -0.05) is 12.1 Å². The second-order valence-electron chi connectivity index (χ2n) is 6.41. The highest BCUT2D eigenvalue weighted by atomic mass is 32.1. The van der Waals surface area contributed by atoms with Crippen LogP contribution in [-0.2, 0) is 10.3 Å². The minimum atomic E-state index is -1.73. The SMILES string of the molecule is O=C1Nc2ccc([N+](=O)[O-])cc2C12NC(=S)Nc1c2c(=O)oc2ccccc12. The largest absolute Gasteiger partial charge is 0.422 e. The van der Waals surface area contributed by atoms with Gasteiger partial charge < -0.3 is 20.4 Å². The van der Waals surface area contributed by atoms with Gasteiger partial charge in [-0.05, 0) is 30.4 Å². The molecule has 3 aromatic rings. The van der Waals surface area contributed by atoms with Crippen molar-refractivity contribution in [3.05, 3.63) is 74.1 Å². The lowest BCUT2D eigenvalue weighted by molar-refractivity contribution is -0.384. The van der Waals surface area contributed by atoms with Crippen LogP contribution in [0, 0.1) is 10.1 Å². The smallest absolute Gasteiger partial charge is 0.344 e. The maximum absolute atomic E-state index is 13.1. The average Bonchev–Trinajstić information content (AvgIpc) is 2.92. The number of carbonyl (C=O) groups excluding carboxylic acids is 1. The summed E-state index contributed by atoms with van der Waals surface area (Å²) in [7, 11) is 0. The van der Waals surface area contributed by atoms with Crippen LogP contribution in [0.3, 0.4) is 0 Å². The lowest BCUT2D eigenvalue weighted by atomic mass is 9.82. The molecule has 2 aromatic carbocycles. The van der Waals surface area contributed by atoms with Gasteiger partial charge in [-0.2, -0.15) is 0 Å². The van der Waals surface area contributed by atoms with Crippen molar-refractivity contribution in [3.8, 4) is 0 Å². The van der Waals surface area contributed by atoms with Crippen LogP contribution in [0.1, 0.15) is 11.1 Å². The molecule has 0 aliphatic carbocycles. The van der Waals surface area contributed by atoms with E-state index in [-0.39, 0.29) is 21.9 Å². The van der Waals surface area contributed by atoms with E-state index in [4.69, 9.17) is 16.6 Å². The third kappa shape index (κ3) is 1.97. The third-order valence-electron chi connectivity index (χ3n) is 4.93. The number of anilines is 2. The van der Waals surface area contributed by atoms with Crippen LogP contribution in [0.2, 0.25) is 0 Å². The zero-order chi connectivity index (χ0) is 19.6. The minimum absolute atomic E-state index is 0.00320. The molecule has 28 heavy (non-hydrogen) atoms. The Hall–Kier alpha value is -3.79. The first-order valence-electron chi connectivity index (χ1n) is 8.17. The monoisotopic (exact) mass is 394 g/mol. The number of nitro benzene ring substituents is 1. The van der Waals surface area contributed by atoms with Crippen molar-refractivity contribution >= 4 is 51.3 Å². The molecule has 1 atom stereocenters. The zero-order valence-corrected chi connectivity index (χ0v) is 14.8. The van der Waals surface area contributed by atoms with Gasteiger partial charge in [0.05, 0.1) is 10.6 Å². The molecule has 5 rings (SSSR count). The predicted molar refractivity (Wildman–Crippen MR) is 104 cm³/mol. The summed E-state index contributed by atoms with van der Waals surface area (Å²) in [6.07, 6.45) is 0. The summed E-state index contributed by atoms with van der Waals surface area (Å²) < 4.78 is 5.43. The number of non-ortho nitro benzene ring substituents is 1. The van der Waals surface area contributed by atoms with Gasteiger partial charge in [0.25, 0.3) is 11.6 Å². The van der Waals surface area contributed by atoms with Crippen molar-refractivity contribution in [2.75, 3.05) is 10.6 Å². The molecule has 1 unspecified atom stereocenters. The van der Waals surface area contributed by atoms with Crippen molar-refractivity contribution in [1.82, 2.24) is 5.32 Å². The zero-order valence-electron chi connectivity index (χ0n) is 13.9. The number of thiocarbonyl (C=S) groups is 1. The number of fused-ring (bicyclic) bond motifs is 6. The number of nitrogens with zero attached hydrogens (tertiary/aromatic N) is 1. The summed E-state index contributed by atoms with van der Waals surface area (Å²) in [6, 6.07) is 10.8. The Morgan fingerprint density at radius 3 is 2.68 bits per heavy atom. The molecule has 1 aromatic heterocycles. The Balaban J connectivity index is 1.92. The second-order valence-corrected chi connectivity index (χ2v) is 6.81. The normalized spacial score (nSPS) is 19.6. The molecule has 2 aliphatic rings. The Kier molecular flexibility index (Phi) is 3.14. The fourth-order valence-corrected chi connectivity index (χ4v) is 4.03. The van der Waals surface area contributed by atoms with Gasteiger partial charge in [-0.3, -0.25) is 14.9 Å². The van der Waals surface area contributed by atoms with Gasteiger partial charge in [0.2, 0.25) is 0 Å². The maximum atomic E-state index is 13.1. The van der Waals surface area contributed by atoms with Gasteiger partial charge in [-0.15, -0.1) is 0 Å². The van der Waals surface area contributed by atoms with Gasteiger partial charge in [-0.25, -0.2) is 4.79 Å². The lowest BCUT2D eigenvalue weighted by Crippen LogP contribution is -2.58. The molecule has 0 fully saturated rings. The molecule has 3 N–H and O–H groups in total. The third-order valence-corrected chi connectivity index (χ3v) is 5.14. The Bertz CT molecular complexity index is 1300. The van der Waals surface area contributed by atoms with Crippen molar-refractivity contribution < 1.29 is 14.1 Å². The van der Waals surface area contributed by atoms with E-state index in [2.05, 4.69) is 16.0 Å². The number of nitrogens with one attached hydrogen (secondary N) is 3. The number of hydrogen-bond donors (Lipinski definition) is 3. The first-order valence-corrected chi connectivity index (χ1v) is 8.58. The quantitative estimate of drug-likeness (QED) is 0.248. The van der Waals surface area contributed by atoms with Crippen LogP contribution in [0.4, 0.5) is 17.1 Å². The van der Waals surface area contributed by atoms with Crippen molar-refractivity contribution in [3.63, 3.8) is 0 Å². The van der Waals surface area contributed by atoms with Gasteiger partial charge >= 0.3 is 5.63 Å². The van der Waals surface area contributed by atoms with Crippen LogP contribution in [0.15, 0.2) is 51.7 Å². The van der Waals surface area contributed by atoms with Crippen LogP contribution in [0.25, 0.3) is 11.0 Å². The van der Waals surface area contributed by atoms with Crippen molar-refractivity contribution in [2.45, 2.75) is 5.54 Å². The molecule has 138 valence electrons. The van der Waals surface area contributed by atoms with Crippen LogP contribution in [0.5, 0.6) is 0 Å². The van der Waals surface area contributed by atoms with E-state index in [0.717, 1.165) is 0 Å². The maximum Gasteiger partial charge on any atom is 0.344 e. The Morgan fingerprint density at radius 2 is 1.89 bits per heavy atom. The van der Waals surface area contributed by atoms with Crippen molar-refractivity contribution in [1.29, 1.82) is 0 Å². The van der Waals surface area contributed by atoms with Crippen LogP contribution < -0.4 is 21.6 Å². The first kappa shape index (κ1) is 16.4. The number of nitro groups is 1. The number of rotatable bonds is 1. The highest BCUT2D eigenvalue weighted by Crippen LogP contribution is 2.46. The standard InChI is InChI=1S/C18H10N4O5S/c23-15-13-14(9-3-1-2-4-12(9)27-15)20-17(28)21-18(13)10-7-8(22(25)26)5-6-11(10)19-16(18)24/h1-7H,(H,19,24)(H2,20,21,28). The summed E-state index contributed by atoms with van der Waals surface area (Å²) in [5, 5.41) is 20.4. The molecule has 0 bridgehead atoms. The molecule has 1 spiro atoms. The van der Waals surface area contributed by atoms with Crippen molar-refractivity contribution in [2.24, 2.45) is 0 Å². The van der Waals surface area contributed by atoms with E-state index < -0.39 is 22.0 Å². The molecule has 1 amide bonds. The highest BCUT2D eigenvalue weighted by molar-refractivity contribution is 7.80. The number of para-hydroxylation sites is 1. The number of amides is 1. The summed E-state index contributed by atoms with van der Waals surface area (Å²) in [4.78, 5) is 36.7. The van der Waals surface area contributed by atoms with Crippen LogP contribution in [-0.4, -0.2) is 15.9 Å². The number of carbonyl (C=O) groups is 1. The molecular weight excluding hydrogens is 384 g/mol. The van der Waals surface area contributed by atoms with E-state index in [0.29, 0.717) is 22.3 Å². The van der Waals surface area contributed by atoms with E-state index in [1.165, 1.54) is 18.2 Å². The van der Waals surface area contributed by atoms with Gasteiger partial charge in [0.1, 0.15) is 11.1 Å². The molecule has 9 nitrogen and oxygen atoms in total. The van der Waals surface area contributed by atoms with E-state index >= 15 is 0 Å². The van der Waals surface area contributed by atoms with E-state index in [9.17, 15) is 19.7 Å². The lowest BCUT2D eigenvalue weighted by Gasteiger charge is -2.35. The van der Waals surface area contributed by atoms with Crippen LogP contribution >= 0.6 is 12.2 Å². The molecule has 0 radical (unpaired) electrons. The van der Waals surface area contributed by atoms with E-state index in [1.54, 1.807) is 24.3 Å². The Labute approximate surface area is 161 Å². The summed E-state index contributed by atoms with van der Waals surface area (Å²) in [5.41, 5.74) is -1.44. The molecule has 0 saturated heterocycles. The fourth-order valence-electron chi connectivity index (χ4n) is 3.77. The first-order chi connectivity index (χ1) is 13.4. The molecule has 0 saturated carbocycles. The second kappa shape index (κ2) is 5.36. The minimum Gasteiger partial charge on any atom is -0.422 e. The molecule has 3 heterocycles. The Morgan fingerprint density at radius 1 is 1.11 bits per heavy atom. The number of hydrogen-bond acceptors (Lipinski definition) is 6. The number of benzene rings is 2. The summed E-state index contributed by atoms with van der Waals surface area (Å²) in [5.74, 6) is -0.573. The highest BCUT2D eigenvalue weighted by Gasteiger charge is 2.55.